The Morgan fingerprint density at radius 2 is 1.95 bits per heavy atom. The second-order valence-electron chi connectivity index (χ2n) is 5.91. The van der Waals surface area contributed by atoms with Crippen LogP contribution < -0.4 is 10.6 Å². The third kappa shape index (κ3) is 5.78. The monoisotopic (exact) mass is 271 g/mol. The van der Waals surface area contributed by atoms with Gasteiger partial charge in [0.2, 0.25) is 0 Å². The molecule has 2 unspecified atom stereocenters. The van der Waals surface area contributed by atoms with Crippen molar-refractivity contribution >= 4 is 6.03 Å². The van der Waals surface area contributed by atoms with Crippen molar-refractivity contribution in [3.8, 4) is 0 Å². The molecule has 5 nitrogen and oxygen atoms in total. The van der Waals surface area contributed by atoms with Crippen molar-refractivity contribution in [3.05, 3.63) is 0 Å². The van der Waals surface area contributed by atoms with E-state index in [0.29, 0.717) is 12.6 Å². The van der Waals surface area contributed by atoms with Gasteiger partial charge in [-0.15, -0.1) is 0 Å². The number of carbonyl (C=O) groups excluding carboxylic acids is 1. The van der Waals surface area contributed by atoms with Crippen molar-refractivity contribution in [2.75, 3.05) is 19.7 Å². The average molecular weight is 271 g/mol. The topological polar surface area (TPSA) is 64.6 Å². The molecule has 0 radical (unpaired) electrons. The van der Waals surface area contributed by atoms with Crippen molar-refractivity contribution in [1.29, 1.82) is 0 Å². The molecule has 0 aromatic carbocycles. The molecule has 1 saturated carbocycles. The van der Waals surface area contributed by atoms with E-state index in [1.54, 1.807) is 0 Å². The minimum absolute atomic E-state index is 0.0189. The molecule has 0 bridgehead atoms. The summed E-state index contributed by atoms with van der Waals surface area (Å²) in [4.78, 5) is 14.1. The number of nitrogens with zero attached hydrogens (tertiary/aromatic N) is 1. The highest BCUT2D eigenvalue weighted by molar-refractivity contribution is 5.74. The number of hydrogen-bond acceptors (Lipinski definition) is 3. The van der Waals surface area contributed by atoms with Gasteiger partial charge in [0, 0.05) is 37.8 Å². The van der Waals surface area contributed by atoms with Crippen LogP contribution >= 0.6 is 0 Å². The average Bonchev–Trinajstić information content (AvgIpc) is 3.17. The van der Waals surface area contributed by atoms with Crippen molar-refractivity contribution in [2.45, 2.75) is 58.7 Å². The van der Waals surface area contributed by atoms with E-state index < -0.39 is 0 Å². The van der Waals surface area contributed by atoms with Crippen LogP contribution in [0.1, 0.15) is 40.5 Å². The van der Waals surface area contributed by atoms with Crippen molar-refractivity contribution < 1.29 is 9.90 Å². The van der Waals surface area contributed by atoms with Crippen LogP contribution in [0.15, 0.2) is 0 Å². The molecule has 0 aromatic heterocycles. The van der Waals surface area contributed by atoms with E-state index in [-0.39, 0.29) is 24.6 Å². The summed E-state index contributed by atoms with van der Waals surface area (Å²) in [5.41, 5.74) is 0. The van der Waals surface area contributed by atoms with E-state index in [1.807, 2.05) is 13.8 Å². The zero-order valence-corrected chi connectivity index (χ0v) is 12.6. The first-order valence-electron chi connectivity index (χ1n) is 7.36. The molecule has 0 aliphatic heterocycles. The van der Waals surface area contributed by atoms with Gasteiger partial charge >= 0.3 is 6.03 Å². The van der Waals surface area contributed by atoms with Crippen molar-refractivity contribution in [2.24, 2.45) is 5.92 Å². The molecule has 3 N–H and O–H groups in total. The van der Waals surface area contributed by atoms with Crippen LogP contribution in [0.25, 0.3) is 0 Å². The van der Waals surface area contributed by atoms with Gasteiger partial charge in [-0.2, -0.15) is 0 Å². The molecule has 1 aliphatic rings. The summed E-state index contributed by atoms with van der Waals surface area (Å²) in [6, 6.07) is 1.09. The largest absolute Gasteiger partial charge is 0.396 e. The number of aliphatic hydroxyl groups is 1. The lowest BCUT2D eigenvalue weighted by Crippen LogP contribution is -2.47. The zero-order valence-electron chi connectivity index (χ0n) is 12.6. The van der Waals surface area contributed by atoms with E-state index in [4.69, 9.17) is 5.11 Å². The third-order valence-electron chi connectivity index (χ3n) is 3.84. The lowest BCUT2D eigenvalue weighted by Gasteiger charge is -2.26. The fraction of sp³-hybridized carbons (Fsp3) is 0.929. The highest BCUT2D eigenvalue weighted by atomic mass is 16.3. The number of rotatable bonds is 8. The Morgan fingerprint density at radius 3 is 2.42 bits per heavy atom. The Bertz CT molecular complexity index is 278. The Kier molecular flexibility index (Phi) is 6.58. The lowest BCUT2D eigenvalue weighted by atomic mass is 10.1. The molecule has 19 heavy (non-hydrogen) atoms. The standard InChI is InChI=1S/C14H29N3O2/c1-10(2)17(13-5-6-13)8-7-15-14(19)16-12(4)11(3)9-18/h10-13,18H,5-9H2,1-4H3,(H2,15,16,19). The van der Waals surface area contributed by atoms with Gasteiger partial charge < -0.3 is 15.7 Å². The molecule has 0 saturated heterocycles. The lowest BCUT2D eigenvalue weighted by molar-refractivity contribution is 0.194. The Hall–Kier alpha value is -0.810. The fourth-order valence-electron chi connectivity index (χ4n) is 2.13. The minimum Gasteiger partial charge on any atom is -0.396 e. The number of carbonyl (C=O) groups is 1. The van der Waals surface area contributed by atoms with Crippen molar-refractivity contribution in [3.63, 3.8) is 0 Å². The highest BCUT2D eigenvalue weighted by Crippen LogP contribution is 2.27. The van der Waals surface area contributed by atoms with Crippen LogP contribution in [0, 0.1) is 5.92 Å². The second-order valence-corrected chi connectivity index (χ2v) is 5.91. The second kappa shape index (κ2) is 7.70. The molecule has 1 rings (SSSR count). The van der Waals surface area contributed by atoms with E-state index in [1.165, 1.54) is 12.8 Å². The van der Waals surface area contributed by atoms with Gasteiger partial charge in [-0.05, 0) is 39.5 Å². The summed E-state index contributed by atoms with van der Waals surface area (Å²) < 4.78 is 0. The number of aliphatic hydroxyl groups excluding tert-OH is 1. The molecular weight excluding hydrogens is 242 g/mol. The number of urea groups is 1. The van der Waals surface area contributed by atoms with Crippen LogP contribution in [-0.4, -0.2) is 53.9 Å². The maximum Gasteiger partial charge on any atom is 0.315 e. The fourth-order valence-corrected chi connectivity index (χ4v) is 2.13. The molecule has 2 atom stereocenters. The summed E-state index contributed by atoms with van der Waals surface area (Å²) in [7, 11) is 0. The summed E-state index contributed by atoms with van der Waals surface area (Å²) in [5, 5.41) is 14.8. The van der Waals surface area contributed by atoms with E-state index >= 15 is 0 Å². The Labute approximate surface area is 116 Å². The highest BCUT2D eigenvalue weighted by Gasteiger charge is 2.30. The predicted molar refractivity (Wildman–Crippen MR) is 77.1 cm³/mol. The van der Waals surface area contributed by atoms with Crippen LogP contribution in [0.4, 0.5) is 4.79 Å². The minimum atomic E-state index is -0.146. The summed E-state index contributed by atoms with van der Waals surface area (Å²) >= 11 is 0. The maximum atomic E-state index is 11.7. The Morgan fingerprint density at radius 1 is 1.32 bits per heavy atom. The molecule has 5 heteroatoms. The zero-order chi connectivity index (χ0) is 14.4. The molecule has 1 fully saturated rings. The molecule has 2 amide bonds. The maximum absolute atomic E-state index is 11.7. The van der Waals surface area contributed by atoms with Crippen LogP contribution in [-0.2, 0) is 0 Å². The summed E-state index contributed by atoms with van der Waals surface area (Å²) in [5.74, 6) is 0.0735. The normalized spacial score (nSPS) is 18.5. The van der Waals surface area contributed by atoms with Gasteiger partial charge in [0.05, 0.1) is 0 Å². The number of amides is 2. The van der Waals surface area contributed by atoms with Gasteiger partial charge in [0.1, 0.15) is 0 Å². The number of hydrogen-bond donors (Lipinski definition) is 3. The van der Waals surface area contributed by atoms with E-state index in [2.05, 4.69) is 29.4 Å². The first-order chi connectivity index (χ1) is 8.95. The van der Waals surface area contributed by atoms with Gasteiger partial charge in [0.25, 0.3) is 0 Å². The molecule has 0 heterocycles. The van der Waals surface area contributed by atoms with E-state index in [0.717, 1.165) is 12.6 Å². The predicted octanol–water partition coefficient (Wildman–Crippen LogP) is 1.18. The van der Waals surface area contributed by atoms with Gasteiger partial charge in [-0.1, -0.05) is 6.92 Å². The molecular formula is C14H29N3O2. The van der Waals surface area contributed by atoms with Crippen molar-refractivity contribution in [1.82, 2.24) is 15.5 Å². The molecule has 1 aliphatic carbocycles. The smallest absolute Gasteiger partial charge is 0.315 e. The molecule has 0 spiro atoms. The molecule has 0 aromatic rings. The van der Waals surface area contributed by atoms with Gasteiger partial charge in [-0.25, -0.2) is 4.79 Å². The SMILES string of the molecule is CC(CO)C(C)NC(=O)NCCN(C(C)C)C1CC1. The third-order valence-corrected chi connectivity index (χ3v) is 3.84. The first-order valence-corrected chi connectivity index (χ1v) is 7.36. The van der Waals surface area contributed by atoms with Crippen LogP contribution in [0.3, 0.4) is 0 Å². The quantitative estimate of drug-likeness (QED) is 0.621. The Balaban J connectivity index is 2.19. The van der Waals surface area contributed by atoms with E-state index in [9.17, 15) is 4.79 Å². The summed E-state index contributed by atoms with van der Waals surface area (Å²) in [6.45, 7) is 9.88. The van der Waals surface area contributed by atoms with Gasteiger partial charge in [-0.3, -0.25) is 4.90 Å². The summed E-state index contributed by atoms with van der Waals surface area (Å²) in [6.07, 6.45) is 2.57. The van der Waals surface area contributed by atoms with Crippen LogP contribution in [0.2, 0.25) is 0 Å². The first kappa shape index (κ1) is 16.2. The van der Waals surface area contributed by atoms with Gasteiger partial charge in [0.15, 0.2) is 0 Å². The number of nitrogens with one attached hydrogen (secondary N) is 2. The van der Waals surface area contributed by atoms with Crippen LogP contribution in [0.5, 0.6) is 0 Å². The molecule has 112 valence electrons.